The van der Waals surface area contributed by atoms with E-state index in [1.807, 2.05) is 14.0 Å². The maximum Gasteiger partial charge on any atom is 0.200 e. The van der Waals surface area contributed by atoms with Crippen LogP contribution in [0.1, 0.15) is 5.69 Å². The van der Waals surface area contributed by atoms with Crippen LogP contribution in [-0.4, -0.2) is 9.55 Å². The fourth-order valence-corrected chi connectivity index (χ4v) is 1.48. The maximum atomic E-state index is 12.7. The molecule has 0 spiro atoms. The van der Waals surface area contributed by atoms with Crippen LogP contribution in [0.3, 0.4) is 0 Å². The lowest BCUT2D eigenvalue weighted by Gasteiger charge is -1.99. The Morgan fingerprint density at radius 2 is 1.87 bits per heavy atom. The van der Waals surface area contributed by atoms with E-state index in [9.17, 15) is 4.39 Å². The Balaban J connectivity index is 2.54. The number of rotatable bonds is 1. The monoisotopic (exact) mass is 205 g/mol. The Morgan fingerprint density at radius 3 is 2.33 bits per heavy atom. The minimum Gasteiger partial charge on any atom is -0.369 e. The number of anilines is 1. The summed E-state index contributed by atoms with van der Waals surface area (Å²) in [5.74, 6) is 0.215. The average molecular weight is 205 g/mol. The van der Waals surface area contributed by atoms with Crippen molar-refractivity contribution in [2.24, 2.45) is 7.05 Å². The third-order valence-corrected chi connectivity index (χ3v) is 2.53. The molecule has 0 aliphatic heterocycles. The van der Waals surface area contributed by atoms with Crippen LogP contribution in [0.4, 0.5) is 10.3 Å². The fourth-order valence-electron chi connectivity index (χ4n) is 1.48. The third kappa shape index (κ3) is 1.58. The van der Waals surface area contributed by atoms with Gasteiger partial charge in [0.05, 0.1) is 5.69 Å². The molecule has 0 radical (unpaired) electrons. The van der Waals surface area contributed by atoms with Gasteiger partial charge in [0, 0.05) is 18.3 Å². The topological polar surface area (TPSA) is 43.8 Å². The van der Waals surface area contributed by atoms with Gasteiger partial charge in [-0.15, -0.1) is 0 Å². The van der Waals surface area contributed by atoms with Crippen LogP contribution < -0.4 is 5.73 Å². The molecule has 0 atom stereocenters. The SMILES string of the molecule is Cc1c(-c2ccc(F)cc2)nc(N)n1C. The second kappa shape index (κ2) is 3.38. The van der Waals surface area contributed by atoms with Gasteiger partial charge in [0.2, 0.25) is 5.95 Å². The van der Waals surface area contributed by atoms with Crippen molar-refractivity contribution in [1.82, 2.24) is 9.55 Å². The highest BCUT2D eigenvalue weighted by Crippen LogP contribution is 2.23. The van der Waals surface area contributed by atoms with Gasteiger partial charge in [0.25, 0.3) is 0 Å². The summed E-state index contributed by atoms with van der Waals surface area (Å²) in [6.07, 6.45) is 0. The number of aromatic nitrogens is 2. The fraction of sp³-hybridized carbons (Fsp3) is 0.182. The molecule has 78 valence electrons. The van der Waals surface area contributed by atoms with Gasteiger partial charge in [-0.3, -0.25) is 0 Å². The maximum absolute atomic E-state index is 12.7. The predicted octanol–water partition coefficient (Wildman–Crippen LogP) is 2.12. The number of nitrogens with zero attached hydrogens (tertiary/aromatic N) is 2. The molecular weight excluding hydrogens is 193 g/mol. The molecule has 15 heavy (non-hydrogen) atoms. The molecule has 0 aliphatic carbocycles. The van der Waals surface area contributed by atoms with Gasteiger partial charge in [0.1, 0.15) is 5.82 Å². The number of nitrogens with two attached hydrogens (primary N) is 1. The van der Waals surface area contributed by atoms with Crippen LogP contribution in [-0.2, 0) is 7.05 Å². The third-order valence-electron chi connectivity index (χ3n) is 2.53. The Bertz CT molecular complexity index is 485. The second-order valence-corrected chi connectivity index (χ2v) is 3.47. The summed E-state index contributed by atoms with van der Waals surface area (Å²) in [5.41, 5.74) is 8.33. The minimum atomic E-state index is -0.250. The highest BCUT2D eigenvalue weighted by atomic mass is 19.1. The number of imidazole rings is 1. The molecule has 1 aromatic heterocycles. The molecule has 0 amide bonds. The van der Waals surface area contributed by atoms with Crippen LogP contribution >= 0.6 is 0 Å². The second-order valence-electron chi connectivity index (χ2n) is 3.47. The zero-order valence-electron chi connectivity index (χ0n) is 8.66. The summed E-state index contributed by atoms with van der Waals surface area (Å²) in [4.78, 5) is 4.23. The van der Waals surface area contributed by atoms with Crippen molar-refractivity contribution in [3.05, 3.63) is 35.8 Å². The van der Waals surface area contributed by atoms with Gasteiger partial charge in [-0.25, -0.2) is 9.37 Å². The lowest BCUT2D eigenvalue weighted by molar-refractivity contribution is 0.628. The smallest absolute Gasteiger partial charge is 0.200 e. The number of halogens is 1. The zero-order valence-corrected chi connectivity index (χ0v) is 8.66. The van der Waals surface area contributed by atoms with Gasteiger partial charge >= 0.3 is 0 Å². The molecule has 0 saturated heterocycles. The summed E-state index contributed by atoms with van der Waals surface area (Å²) in [6, 6.07) is 6.23. The number of hydrogen-bond donors (Lipinski definition) is 1. The van der Waals surface area contributed by atoms with E-state index in [0.29, 0.717) is 5.95 Å². The first kappa shape index (κ1) is 9.71. The van der Waals surface area contributed by atoms with E-state index in [2.05, 4.69) is 4.98 Å². The number of benzene rings is 1. The highest BCUT2D eigenvalue weighted by molar-refractivity contribution is 5.63. The van der Waals surface area contributed by atoms with E-state index in [1.54, 1.807) is 16.7 Å². The molecule has 0 bridgehead atoms. The summed E-state index contributed by atoms with van der Waals surface area (Å²) in [6.45, 7) is 1.93. The molecule has 1 aromatic carbocycles. The van der Waals surface area contributed by atoms with Crippen molar-refractivity contribution in [3.63, 3.8) is 0 Å². The Morgan fingerprint density at radius 1 is 1.27 bits per heavy atom. The van der Waals surface area contributed by atoms with Gasteiger partial charge in [0.15, 0.2) is 0 Å². The van der Waals surface area contributed by atoms with Crippen molar-refractivity contribution >= 4 is 5.95 Å². The summed E-state index contributed by atoms with van der Waals surface area (Å²) < 4.78 is 14.5. The number of nitrogen functional groups attached to an aromatic ring is 1. The van der Waals surface area contributed by atoms with Crippen molar-refractivity contribution in [3.8, 4) is 11.3 Å². The van der Waals surface area contributed by atoms with Crippen molar-refractivity contribution in [2.45, 2.75) is 6.92 Å². The Hall–Kier alpha value is -1.84. The molecule has 0 unspecified atom stereocenters. The van der Waals surface area contributed by atoms with Crippen molar-refractivity contribution in [2.75, 3.05) is 5.73 Å². The van der Waals surface area contributed by atoms with Crippen LogP contribution in [0.15, 0.2) is 24.3 Å². The quantitative estimate of drug-likeness (QED) is 0.774. The first-order chi connectivity index (χ1) is 7.09. The summed E-state index contributed by atoms with van der Waals surface area (Å²) in [5, 5.41) is 0. The molecule has 3 nitrogen and oxygen atoms in total. The molecule has 2 rings (SSSR count). The van der Waals surface area contributed by atoms with Gasteiger partial charge in [-0.2, -0.15) is 0 Å². The van der Waals surface area contributed by atoms with Crippen LogP contribution in [0.25, 0.3) is 11.3 Å². The molecule has 0 fully saturated rings. The molecule has 1 heterocycles. The molecule has 0 saturated carbocycles. The van der Waals surface area contributed by atoms with Crippen molar-refractivity contribution < 1.29 is 4.39 Å². The van der Waals surface area contributed by atoms with E-state index in [0.717, 1.165) is 17.0 Å². The first-order valence-corrected chi connectivity index (χ1v) is 4.64. The summed E-state index contributed by atoms with van der Waals surface area (Å²) in [7, 11) is 1.85. The van der Waals surface area contributed by atoms with Crippen molar-refractivity contribution in [1.29, 1.82) is 0 Å². The molecule has 0 aliphatic rings. The van der Waals surface area contributed by atoms with Gasteiger partial charge in [-0.05, 0) is 31.2 Å². The van der Waals surface area contributed by atoms with Crippen LogP contribution in [0.2, 0.25) is 0 Å². The Kier molecular flexibility index (Phi) is 2.19. The predicted molar refractivity (Wildman–Crippen MR) is 57.8 cm³/mol. The summed E-state index contributed by atoms with van der Waals surface area (Å²) >= 11 is 0. The largest absolute Gasteiger partial charge is 0.369 e. The standard InChI is InChI=1S/C11H12FN3/c1-7-10(14-11(13)15(7)2)8-3-5-9(12)6-4-8/h3-6H,1-2H3,(H2,13,14). The van der Waals surface area contributed by atoms with E-state index in [-0.39, 0.29) is 5.82 Å². The Labute approximate surface area is 87.4 Å². The molecular formula is C11H12FN3. The lowest BCUT2D eigenvalue weighted by Crippen LogP contribution is -1.97. The first-order valence-electron chi connectivity index (χ1n) is 4.64. The van der Waals surface area contributed by atoms with Gasteiger partial charge in [-0.1, -0.05) is 0 Å². The van der Waals surface area contributed by atoms with E-state index >= 15 is 0 Å². The minimum absolute atomic E-state index is 0.250. The normalized spacial score (nSPS) is 10.6. The highest BCUT2D eigenvalue weighted by Gasteiger charge is 2.10. The molecule has 4 heteroatoms. The molecule has 2 N–H and O–H groups in total. The average Bonchev–Trinajstić information content (AvgIpc) is 2.47. The van der Waals surface area contributed by atoms with Gasteiger partial charge < -0.3 is 10.3 Å². The number of hydrogen-bond acceptors (Lipinski definition) is 2. The van der Waals surface area contributed by atoms with Crippen LogP contribution in [0, 0.1) is 12.7 Å². The zero-order chi connectivity index (χ0) is 11.0. The van der Waals surface area contributed by atoms with Crippen LogP contribution in [0.5, 0.6) is 0 Å². The van der Waals surface area contributed by atoms with E-state index in [1.165, 1.54) is 12.1 Å². The van der Waals surface area contributed by atoms with E-state index in [4.69, 9.17) is 5.73 Å². The molecule has 2 aromatic rings. The lowest BCUT2D eigenvalue weighted by atomic mass is 10.1. The van der Waals surface area contributed by atoms with E-state index < -0.39 is 0 Å².